The Morgan fingerprint density at radius 2 is 1.46 bits per heavy atom. The highest BCUT2D eigenvalue weighted by molar-refractivity contribution is 6.05. The first-order valence-corrected chi connectivity index (χ1v) is 9.45. The molecule has 6 nitrogen and oxygen atoms in total. The van der Waals surface area contributed by atoms with Crippen LogP contribution < -0.4 is 15.1 Å². The predicted octanol–water partition coefficient (Wildman–Crippen LogP) is 3.36. The van der Waals surface area contributed by atoms with Crippen LogP contribution in [0.4, 0.5) is 17.3 Å². The molecule has 3 aromatic rings. The van der Waals surface area contributed by atoms with Gasteiger partial charge in [0.15, 0.2) is 0 Å². The summed E-state index contributed by atoms with van der Waals surface area (Å²) >= 11 is 0. The number of hydrogen-bond donors (Lipinski definition) is 1. The molecule has 1 aromatic heterocycles. The molecule has 0 aliphatic carbocycles. The Morgan fingerprint density at radius 3 is 2.14 bits per heavy atom. The van der Waals surface area contributed by atoms with E-state index in [1.807, 2.05) is 37.3 Å². The van der Waals surface area contributed by atoms with Crippen LogP contribution in [0.5, 0.6) is 0 Å². The number of aromatic nitrogens is 2. The van der Waals surface area contributed by atoms with Gasteiger partial charge in [-0.25, -0.2) is 9.97 Å². The third-order valence-corrected chi connectivity index (χ3v) is 4.97. The van der Waals surface area contributed by atoms with Crippen molar-refractivity contribution < 1.29 is 4.79 Å². The first-order chi connectivity index (χ1) is 13.7. The SMILES string of the molecule is Cc1ccccc1C(=O)Nc1cnc(N2CCN(c3ccccc3)CC2)nc1. The molecular weight excluding hydrogens is 350 g/mol. The number of carbonyl (C=O) groups is 1. The summed E-state index contributed by atoms with van der Waals surface area (Å²) in [4.78, 5) is 25.9. The van der Waals surface area contributed by atoms with Gasteiger partial charge in [-0.2, -0.15) is 0 Å². The maximum atomic E-state index is 12.4. The lowest BCUT2D eigenvalue weighted by Gasteiger charge is -2.36. The van der Waals surface area contributed by atoms with E-state index in [-0.39, 0.29) is 5.91 Å². The second kappa shape index (κ2) is 8.08. The van der Waals surface area contributed by atoms with E-state index in [0.717, 1.165) is 31.7 Å². The molecule has 1 N–H and O–H groups in total. The van der Waals surface area contributed by atoms with Gasteiger partial charge in [-0.15, -0.1) is 0 Å². The number of anilines is 3. The summed E-state index contributed by atoms with van der Waals surface area (Å²) in [7, 11) is 0. The first-order valence-electron chi connectivity index (χ1n) is 9.45. The number of amides is 1. The fraction of sp³-hybridized carbons (Fsp3) is 0.227. The molecule has 0 unspecified atom stereocenters. The van der Waals surface area contributed by atoms with Gasteiger partial charge in [-0.1, -0.05) is 36.4 Å². The highest BCUT2D eigenvalue weighted by Gasteiger charge is 2.19. The summed E-state index contributed by atoms with van der Waals surface area (Å²) in [6.45, 7) is 5.51. The minimum Gasteiger partial charge on any atom is -0.368 e. The van der Waals surface area contributed by atoms with Crippen LogP contribution in [0.2, 0.25) is 0 Å². The molecule has 1 aliphatic heterocycles. The minimum absolute atomic E-state index is 0.147. The number of rotatable bonds is 4. The van der Waals surface area contributed by atoms with Crippen molar-refractivity contribution in [3.63, 3.8) is 0 Å². The number of aryl methyl sites for hydroxylation is 1. The molecule has 1 aliphatic rings. The van der Waals surface area contributed by atoms with Crippen LogP contribution in [0, 0.1) is 6.92 Å². The molecule has 1 saturated heterocycles. The van der Waals surface area contributed by atoms with Crippen molar-refractivity contribution in [2.45, 2.75) is 6.92 Å². The zero-order valence-electron chi connectivity index (χ0n) is 15.9. The largest absolute Gasteiger partial charge is 0.368 e. The van der Waals surface area contributed by atoms with E-state index in [1.165, 1.54) is 5.69 Å². The molecule has 142 valence electrons. The number of nitrogens with one attached hydrogen (secondary N) is 1. The minimum atomic E-state index is -0.147. The van der Waals surface area contributed by atoms with E-state index in [1.54, 1.807) is 12.4 Å². The van der Waals surface area contributed by atoms with Crippen molar-refractivity contribution in [3.05, 3.63) is 78.1 Å². The Labute approximate surface area is 164 Å². The standard InChI is InChI=1S/C22H23N5O/c1-17-7-5-6-10-20(17)21(28)25-18-15-23-22(24-16-18)27-13-11-26(12-14-27)19-8-3-2-4-9-19/h2-10,15-16H,11-14H2,1H3,(H,25,28). The molecule has 28 heavy (non-hydrogen) atoms. The van der Waals surface area contributed by atoms with E-state index in [4.69, 9.17) is 0 Å². The summed E-state index contributed by atoms with van der Waals surface area (Å²) in [5, 5.41) is 2.87. The summed E-state index contributed by atoms with van der Waals surface area (Å²) in [5.41, 5.74) is 3.44. The monoisotopic (exact) mass is 373 g/mol. The summed E-state index contributed by atoms with van der Waals surface area (Å²) in [5.74, 6) is 0.549. The normalized spacial score (nSPS) is 14.0. The van der Waals surface area contributed by atoms with Crippen LogP contribution in [0.3, 0.4) is 0 Å². The van der Waals surface area contributed by atoms with Gasteiger partial charge in [0.2, 0.25) is 5.95 Å². The van der Waals surface area contributed by atoms with E-state index in [9.17, 15) is 4.79 Å². The maximum Gasteiger partial charge on any atom is 0.256 e. The quantitative estimate of drug-likeness (QED) is 0.760. The highest BCUT2D eigenvalue weighted by atomic mass is 16.1. The van der Waals surface area contributed by atoms with Crippen molar-refractivity contribution >= 4 is 23.2 Å². The first kappa shape index (κ1) is 18.0. The molecule has 6 heteroatoms. The Bertz CT molecular complexity index is 935. The Hall–Kier alpha value is -3.41. The van der Waals surface area contributed by atoms with Crippen molar-refractivity contribution in [2.75, 3.05) is 41.3 Å². The average Bonchev–Trinajstić information content (AvgIpc) is 2.75. The molecule has 1 amide bonds. The van der Waals surface area contributed by atoms with Gasteiger partial charge >= 0.3 is 0 Å². The van der Waals surface area contributed by atoms with Gasteiger partial charge in [0.1, 0.15) is 0 Å². The van der Waals surface area contributed by atoms with E-state index in [0.29, 0.717) is 17.2 Å². The third kappa shape index (κ3) is 3.96. The third-order valence-electron chi connectivity index (χ3n) is 4.97. The van der Waals surface area contributed by atoms with E-state index >= 15 is 0 Å². The molecule has 0 atom stereocenters. The number of hydrogen-bond acceptors (Lipinski definition) is 5. The van der Waals surface area contributed by atoms with Crippen LogP contribution in [-0.2, 0) is 0 Å². The van der Waals surface area contributed by atoms with Crippen molar-refractivity contribution in [3.8, 4) is 0 Å². The smallest absolute Gasteiger partial charge is 0.256 e. The second-order valence-electron chi connectivity index (χ2n) is 6.85. The molecule has 0 radical (unpaired) electrons. The van der Waals surface area contributed by atoms with Gasteiger partial charge in [-0.05, 0) is 30.7 Å². The summed E-state index contributed by atoms with van der Waals surface area (Å²) in [6.07, 6.45) is 3.34. The van der Waals surface area contributed by atoms with Crippen LogP contribution >= 0.6 is 0 Å². The van der Waals surface area contributed by atoms with E-state index < -0.39 is 0 Å². The fourth-order valence-electron chi connectivity index (χ4n) is 3.38. The average molecular weight is 373 g/mol. The van der Waals surface area contributed by atoms with Crippen molar-refractivity contribution in [1.29, 1.82) is 0 Å². The lowest BCUT2D eigenvalue weighted by Crippen LogP contribution is -2.47. The fourth-order valence-corrected chi connectivity index (χ4v) is 3.38. The highest BCUT2D eigenvalue weighted by Crippen LogP contribution is 2.18. The molecular formula is C22H23N5O. The van der Waals surface area contributed by atoms with Gasteiger partial charge in [0, 0.05) is 37.4 Å². The zero-order valence-corrected chi connectivity index (χ0v) is 15.9. The Balaban J connectivity index is 1.36. The van der Waals surface area contributed by atoms with Gasteiger partial charge in [0.25, 0.3) is 5.91 Å². The molecule has 0 saturated carbocycles. The van der Waals surface area contributed by atoms with Crippen LogP contribution in [0.25, 0.3) is 0 Å². The Morgan fingerprint density at radius 1 is 0.857 bits per heavy atom. The van der Waals surface area contributed by atoms with Gasteiger partial charge in [0.05, 0.1) is 18.1 Å². The molecule has 4 rings (SSSR count). The zero-order chi connectivity index (χ0) is 19.3. The number of carbonyl (C=O) groups excluding carboxylic acids is 1. The number of nitrogens with zero attached hydrogens (tertiary/aromatic N) is 4. The molecule has 2 heterocycles. The van der Waals surface area contributed by atoms with Crippen LogP contribution in [0.15, 0.2) is 67.0 Å². The van der Waals surface area contributed by atoms with Crippen LogP contribution in [0.1, 0.15) is 15.9 Å². The number of para-hydroxylation sites is 1. The molecule has 0 spiro atoms. The number of benzene rings is 2. The van der Waals surface area contributed by atoms with Crippen molar-refractivity contribution in [2.24, 2.45) is 0 Å². The summed E-state index contributed by atoms with van der Waals surface area (Å²) < 4.78 is 0. The van der Waals surface area contributed by atoms with Gasteiger partial charge < -0.3 is 15.1 Å². The lowest BCUT2D eigenvalue weighted by atomic mass is 10.1. The number of piperazine rings is 1. The Kier molecular flexibility index (Phi) is 5.19. The summed E-state index contributed by atoms with van der Waals surface area (Å²) in [6, 6.07) is 17.9. The molecule has 0 bridgehead atoms. The molecule has 1 fully saturated rings. The maximum absolute atomic E-state index is 12.4. The van der Waals surface area contributed by atoms with Crippen LogP contribution in [-0.4, -0.2) is 42.1 Å². The van der Waals surface area contributed by atoms with E-state index in [2.05, 4.69) is 49.4 Å². The molecule has 2 aromatic carbocycles. The topological polar surface area (TPSA) is 61.4 Å². The van der Waals surface area contributed by atoms with Gasteiger partial charge in [-0.3, -0.25) is 4.79 Å². The predicted molar refractivity (Wildman–Crippen MR) is 112 cm³/mol. The lowest BCUT2D eigenvalue weighted by molar-refractivity contribution is 0.102. The second-order valence-corrected chi connectivity index (χ2v) is 6.85. The van der Waals surface area contributed by atoms with Crippen molar-refractivity contribution in [1.82, 2.24) is 9.97 Å².